The molecule has 4 aromatic heterocycles. The van der Waals surface area contributed by atoms with Crippen molar-refractivity contribution in [2.45, 2.75) is 52.4 Å². The zero-order valence-electron chi connectivity index (χ0n) is 32.2. The van der Waals surface area contributed by atoms with Crippen LogP contribution in [0.25, 0.3) is 31.8 Å². The molecule has 2 aromatic carbocycles. The number of nitrogens with zero attached hydrogens (tertiary/aromatic N) is 7. The van der Waals surface area contributed by atoms with Gasteiger partial charge in [0.15, 0.2) is 0 Å². The molecule has 0 spiro atoms. The quantitative estimate of drug-likeness (QED) is 0.0907. The molecule has 0 unspecified atom stereocenters. The van der Waals surface area contributed by atoms with E-state index in [0.717, 1.165) is 73.8 Å². The predicted octanol–water partition coefficient (Wildman–Crippen LogP) is 7.80. The molecule has 0 radical (unpaired) electrons. The minimum Gasteiger partial charge on any atom is -0.491 e. The van der Waals surface area contributed by atoms with Gasteiger partial charge in [-0.25, -0.2) is 19.7 Å². The van der Waals surface area contributed by atoms with Crippen molar-refractivity contribution in [2.24, 2.45) is 0 Å². The van der Waals surface area contributed by atoms with Crippen molar-refractivity contribution < 1.29 is 28.5 Å². The number of hydrogen-bond donors (Lipinski definition) is 1. The summed E-state index contributed by atoms with van der Waals surface area (Å²) in [6.07, 6.45) is 5.25. The molecular weight excluding hydrogens is 769 g/mol. The van der Waals surface area contributed by atoms with E-state index in [4.69, 9.17) is 25.8 Å². The molecule has 7 rings (SSSR count). The van der Waals surface area contributed by atoms with Crippen molar-refractivity contribution in [3.63, 3.8) is 0 Å². The third-order valence-corrected chi connectivity index (χ3v) is 11.8. The topological polar surface area (TPSA) is 128 Å². The van der Waals surface area contributed by atoms with Gasteiger partial charge in [0.25, 0.3) is 0 Å². The average Bonchev–Trinajstić information content (AvgIpc) is 3.84. The Kier molecular flexibility index (Phi) is 12.9. The number of fused-ring (bicyclic) bond motifs is 1. The lowest BCUT2D eigenvalue weighted by atomic mass is 9.96. The van der Waals surface area contributed by atoms with Crippen LogP contribution in [0.1, 0.15) is 36.6 Å². The molecule has 6 aromatic rings. The molecular formula is C42H45ClFN7O5S. The van der Waals surface area contributed by atoms with Crippen LogP contribution in [0.15, 0.2) is 73.3 Å². The Bertz CT molecular complexity index is 2310. The maximum atomic E-state index is 14.0. The highest BCUT2D eigenvalue weighted by atomic mass is 35.5. The second-order valence-corrected chi connectivity index (χ2v) is 15.4. The third-order valence-electron chi connectivity index (χ3n) is 10.1. The SMILES string of the molecule is CCCCn1nccc1COc1ccccc1C[C@@H](Oc1ncnc2sc(-c3ccc(F)nc3)c(-c3ccc(OCCN4CCN(C)CC4)c(Cl)c3C)c12)C(=O)O. The molecule has 57 heavy (non-hydrogen) atoms. The van der Waals surface area contributed by atoms with Crippen molar-refractivity contribution >= 4 is 39.1 Å². The Labute approximate surface area is 339 Å². The van der Waals surface area contributed by atoms with Gasteiger partial charge in [0.05, 0.1) is 16.1 Å². The number of ether oxygens (including phenoxy) is 3. The van der Waals surface area contributed by atoms with E-state index < -0.39 is 18.0 Å². The Morgan fingerprint density at radius 2 is 1.82 bits per heavy atom. The number of para-hydroxylation sites is 1. The second-order valence-electron chi connectivity index (χ2n) is 14.0. The highest BCUT2D eigenvalue weighted by Gasteiger charge is 2.28. The van der Waals surface area contributed by atoms with Crippen LogP contribution in [0.2, 0.25) is 5.02 Å². The molecule has 0 saturated carbocycles. The van der Waals surface area contributed by atoms with Gasteiger partial charge in [-0.1, -0.05) is 49.2 Å². The first kappa shape index (κ1) is 40.1. The molecule has 1 aliphatic rings. The number of unbranched alkanes of at least 4 members (excludes halogenated alkanes) is 1. The number of aryl methyl sites for hydroxylation is 1. The van der Waals surface area contributed by atoms with Crippen LogP contribution in [0.5, 0.6) is 17.4 Å². The zero-order chi connectivity index (χ0) is 39.9. The maximum absolute atomic E-state index is 14.0. The Morgan fingerprint density at radius 1 is 1.00 bits per heavy atom. The monoisotopic (exact) mass is 813 g/mol. The van der Waals surface area contributed by atoms with Gasteiger partial charge in [-0.2, -0.15) is 9.49 Å². The van der Waals surface area contributed by atoms with Crippen molar-refractivity contribution in [1.82, 2.24) is 34.5 Å². The fourth-order valence-electron chi connectivity index (χ4n) is 6.84. The lowest BCUT2D eigenvalue weighted by Crippen LogP contribution is -2.45. The Morgan fingerprint density at radius 3 is 2.60 bits per heavy atom. The van der Waals surface area contributed by atoms with Gasteiger partial charge in [0, 0.05) is 74.1 Å². The van der Waals surface area contributed by atoms with E-state index in [0.29, 0.717) is 50.0 Å². The number of aromatic nitrogens is 5. The molecule has 5 heterocycles. The van der Waals surface area contributed by atoms with E-state index in [9.17, 15) is 14.3 Å². The molecule has 1 aliphatic heterocycles. The number of aliphatic carboxylic acids is 1. The first-order valence-electron chi connectivity index (χ1n) is 19.0. The lowest BCUT2D eigenvalue weighted by molar-refractivity contribution is -0.145. The zero-order valence-corrected chi connectivity index (χ0v) is 33.7. The maximum Gasteiger partial charge on any atom is 0.345 e. The van der Waals surface area contributed by atoms with Crippen LogP contribution in [-0.2, 0) is 24.4 Å². The smallest absolute Gasteiger partial charge is 0.345 e. The number of rotatable bonds is 17. The number of likely N-dealkylation sites (N-methyl/N-ethyl adjacent to an activating group) is 1. The van der Waals surface area contributed by atoms with Crippen LogP contribution in [0.4, 0.5) is 4.39 Å². The molecule has 1 N–H and O–H groups in total. The van der Waals surface area contributed by atoms with Crippen LogP contribution in [0.3, 0.4) is 0 Å². The van der Waals surface area contributed by atoms with E-state index >= 15 is 0 Å². The summed E-state index contributed by atoms with van der Waals surface area (Å²) in [5.41, 5.74) is 4.35. The van der Waals surface area contributed by atoms with E-state index in [2.05, 4.69) is 43.8 Å². The minimum absolute atomic E-state index is 0.00860. The van der Waals surface area contributed by atoms with Crippen molar-refractivity contribution in [3.8, 4) is 38.9 Å². The van der Waals surface area contributed by atoms with Crippen LogP contribution >= 0.6 is 22.9 Å². The first-order chi connectivity index (χ1) is 27.7. The number of carboxylic acids is 1. The molecule has 1 fully saturated rings. The standard InChI is InChI=1S/C42H45ClFN7O5S/c1-4-5-16-51-30(14-15-48-51)25-55-32-9-7-6-8-28(32)23-34(42(52)53)56-40-37-36(39(57-41(37)47-26-46-40)29-10-13-35(44)45-24-29)31-11-12-33(38(43)27(31)2)54-22-21-50-19-17-49(3)18-20-50/h6-15,24,26,34H,4-5,16-23,25H2,1-3H3,(H,52,53)/t34-/m1/s1. The molecule has 298 valence electrons. The molecule has 1 atom stereocenters. The number of carboxylic acid groups (broad SMARTS) is 1. The minimum atomic E-state index is -1.34. The molecule has 15 heteroatoms. The summed E-state index contributed by atoms with van der Waals surface area (Å²) in [7, 11) is 2.13. The fraction of sp³-hybridized carbons (Fsp3) is 0.357. The van der Waals surface area contributed by atoms with Gasteiger partial charge < -0.3 is 24.2 Å². The number of halogens is 2. The van der Waals surface area contributed by atoms with Crippen molar-refractivity contribution in [1.29, 1.82) is 0 Å². The lowest BCUT2D eigenvalue weighted by Gasteiger charge is -2.32. The second kappa shape index (κ2) is 18.4. The first-order valence-corrected chi connectivity index (χ1v) is 20.2. The van der Waals surface area contributed by atoms with Crippen LogP contribution in [-0.4, -0.2) is 98.1 Å². The molecule has 1 saturated heterocycles. The van der Waals surface area contributed by atoms with E-state index in [1.807, 2.05) is 54.1 Å². The summed E-state index contributed by atoms with van der Waals surface area (Å²) >= 11 is 8.37. The van der Waals surface area contributed by atoms with Gasteiger partial charge in [0.2, 0.25) is 17.9 Å². The van der Waals surface area contributed by atoms with Crippen molar-refractivity contribution in [2.75, 3.05) is 46.4 Å². The summed E-state index contributed by atoms with van der Waals surface area (Å²) in [5.74, 6) is -0.603. The van der Waals surface area contributed by atoms with Gasteiger partial charge in [-0.15, -0.1) is 11.3 Å². The van der Waals surface area contributed by atoms with Gasteiger partial charge in [-0.3, -0.25) is 9.58 Å². The van der Waals surface area contributed by atoms with E-state index in [-0.39, 0.29) is 18.9 Å². The summed E-state index contributed by atoms with van der Waals surface area (Å²) in [4.78, 5) is 31.8. The average molecular weight is 814 g/mol. The molecule has 0 aliphatic carbocycles. The Balaban J connectivity index is 1.20. The van der Waals surface area contributed by atoms with Crippen LogP contribution in [0, 0.1) is 12.9 Å². The number of benzene rings is 2. The van der Waals surface area contributed by atoms with Gasteiger partial charge in [-0.05, 0) is 67.4 Å². The normalized spacial score (nSPS) is 14.2. The molecule has 12 nitrogen and oxygen atoms in total. The summed E-state index contributed by atoms with van der Waals surface area (Å²) in [6, 6.07) is 15.9. The number of piperazine rings is 1. The highest BCUT2D eigenvalue weighted by Crippen LogP contribution is 2.49. The van der Waals surface area contributed by atoms with Gasteiger partial charge in [0.1, 0.15) is 35.9 Å². The predicted molar refractivity (Wildman–Crippen MR) is 219 cm³/mol. The molecule has 0 bridgehead atoms. The number of carbonyl (C=O) groups is 1. The van der Waals surface area contributed by atoms with E-state index in [1.165, 1.54) is 29.9 Å². The van der Waals surface area contributed by atoms with Crippen molar-refractivity contribution in [3.05, 3.63) is 101 Å². The van der Waals surface area contributed by atoms with Crippen LogP contribution < -0.4 is 14.2 Å². The third kappa shape index (κ3) is 9.36. The fourth-order valence-corrected chi connectivity index (χ4v) is 8.19. The largest absolute Gasteiger partial charge is 0.491 e. The van der Waals surface area contributed by atoms with E-state index in [1.54, 1.807) is 12.3 Å². The summed E-state index contributed by atoms with van der Waals surface area (Å²) in [5, 5.41) is 15.9. The summed E-state index contributed by atoms with van der Waals surface area (Å²) < 4.78 is 34.8. The highest BCUT2D eigenvalue weighted by molar-refractivity contribution is 7.22. The number of pyridine rings is 1. The van der Waals surface area contributed by atoms with Gasteiger partial charge >= 0.3 is 5.97 Å². The Hall–Kier alpha value is -5.15. The number of thiophene rings is 1. The molecule has 0 amide bonds. The number of hydrogen-bond acceptors (Lipinski definition) is 11. The summed E-state index contributed by atoms with van der Waals surface area (Å²) in [6.45, 7) is 10.4.